The molecule has 0 N–H and O–H groups in total. The number of ether oxygens (including phenoxy) is 1. The van der Waals surface area contributed by atoms with Gasteiger partial charge in [-0.3, -0.25) is 4.99 Å². The minimum Gasteiger partial charge on any atom is -0.462 e. The second-order valence-electron chi connectivity index (χ2n) is 4.07. The van der Waals surface area contributed by atoms with E-state index < -0.39 is 0 Å². The summed E-state index contributed by atoms with van der Waals surface area (Å²) in [5.74, 6) is -0.326. The molecule has 18 heavy (non-hydrogen) atoms. The summed E-state index contributed by atoms with van der Waals surface area (Å²) in [4.78, 5) is 15.7. The van der Waals surface area contributed by atoms with Crippen LogP contribution >= 0.6 is 11.6 Å². The molecule has 0 bridgehead atoms. The summed E-state index contributed by atoms with van der Waals surface area (Å²) in [6.07, 6.45) is 3.56. The molecule has 3 nitrogen and oxygen atoms in total. The Bertz CT molecular complexity index is 432. The third-order valence-corrected chi connectivity index (χ3v) is 2.87. The maximum absolute atomic E-state index is 11.8. The molecular weight excluding hydrogens is 250 g/mol. The SMILES string of the molecule is CCCCOC(=O)c1cc(C)c(/C=N\C)c(Cl)c1. The third kappa shape index (κ3) is 3.84. The Kier molecular flexibility index (Phi) is 5.86. The Morgan fingerprint density at radius 1 is 1.50 bits per heavy atom. The number of hydrogen-bond acceptors (Lipinski definition) is 3. The van der Waals surface area contributed by atoms with Crippen LogP contribution in [-0.2, 0) is 4.74 Å². The highest BCUT2D eigenvalue weighted by atomic mass is 35.5. The first-order valence-electron chi connectivity index (χ1n) is 5.99. The lowest BCUT2D eigenvalue weighted by molar-refractivity contribution is 0.0499. The van der Waals surface area contributed by atoms with Crippen molar-refractivity contribution in [1.82, 2.24) is 0 Å². The summed E-state index contributed by atoms with van der Waals surface area (Å²) >= 11 is 6.12. The van der Waals surface area contributed by atoms with Gasteiger partial charge in [0.05, 0.1) is 17.2 Å². The smallest absolute Gasteiger partial charge is 0.338 e. The van der Waals surface area contributed by atoms with E-state index in [0.29, 0.717) is 17.2 Å². The maximum Gasteiger partial charge on any atom is 0.338 e. The van der Waals surface area contributed by atoms with Crippen molar-refractivity contribution in [1.29, 1.82) is 0 Å². The van der Waals surface area contributed by atoms with Crippen molar-refractivity contribution < 1.29 is 9.53 Å². The molecule has 0 aliphatic carbocycles. The van der Waals surface area contributed by atoms with Gasteiger partial charge in [0, 0.05) is 18.8 Å². The van der Waals surface area contributed by atoms with Crippen LogP contribution in [0.4, 0.5) is 0 Å². The van der Waals surface area contributed by atoms with E-state index in [-0.39, 0.29) is 5.97 Å². The molecule has 0 saturated heterocycles. The standard InChI is InChI=1S/C14H18ClNO2/c1-4-5-6-18-14(17)11-7-10(2)12(9-16-3)13(15)8-11/h7-9H,4-6H2,1-3H3/b16-9-. The maximum atomic E-state index is 11.8. The van der Waals surface area contributed by atoms with Crippen LogP contribution in [0.1, 0.15) is 41.3 Å². The van der Waals surface area contributed by atoms with Crippen molar-refractivity contribution in [3.8, 4) is 0 Å². The molecule has 4 heteroatoms. The van der Waals surface area contributed by atoms with Crippen LogP contribution in [0.25, 0.3) is 0 Å². The van der Waals surface area contributed by atoms with Crippen LogP contribution in [0, 0.1) is 6.92 Å². The molecular formula is C14H18ClNO2. The number of esters is 1. The number of aliphatic imine (C=N–C) groups is 1. The van der Waals surface area contributed by atoms with Gasteiger partial charge in [-0.25, -0.2) is 4.79 Å². The van der Waals surface area contributed by atoms with Crippen LogP contribution in [-0.4, -0.2) is 25.8 Å². The molecule has 1 aromatic carbocycles. The number of hydrogen-bond donors (Lipinski definition) is 0. The van der Waals surface area contributed by atoms with Crippen molar-refractivity contribution in [2.75, 3.05) is 13.7 Å². The number of rotatable bonds is 5. The molecule has 1 rings (SSSR count). The Balaban J connectivity index is 2.88. The lowest BCUT2D eigenvalue weighted by Gasteiger charge is -2.08. The van der Waals surface area contributed by atoms with Gasteiger partial charge in [-0.1, -0.05) is 24.9 Å². The Morgan fingerprint density at radius 3 is 2.78 bits per heavy atom. The molecule has 0 atom stereocenters. The molecule has 0 unspecified atom stereocenters. The van der Waals surface area contributed by atoms with Gasteiger partial charge in [-0.15, -0.1) is 0 Å². The van der Waals surface area contributed by atoms with E-state index in [1.54, 1.807) is 25.4 Å². The molecule has 0 saturated carbocycles. The number of carbonyl (C=O) groups excluding carboxylic acids is 1. The molecule has 0 aliphatic rings. The molecule has 0 radical (unpaired) electrons. The van der Waals surface area contributed by atoms with Crippen molar-refractivity contribution in [2.24, 2.45) is 4.99 Å². The largest absolute Gasteiger partial charge is 0.462 e. The highest BCUT2D eigenvalue weighted by Crippen LogP contribution is 2.21. The van der Waals surface area contributed by atoms with Crippen molar-refractivity contribution in [3.05, 3.63) is 33.8 Å². The number of carbonyl (C=O) groups is 1. The van der Waals surface area contributed by atoms with Gasteiger partial charge in [0.25, 0.3) is 0 Å². The van der Waals surface area contributed by atoms with E-state index in [1.807, 2.05) is 13.8 Å². The van der Waals surface area contributed by atoms with Gasteiger partial charge in [0.2, 0.25) is 0 Å². The quantitative estimate of drug-likeness (QED) is 0.464. The summed E-state index contributed by atoms with van der Waals surface area (Å²) in [5.41, 5.74) is 2.24. The van der Waals surface area contributed by atoms with E-state index in [2.05, 4.69) is 4.99 Å². The second kappa shape index (κ2) is 7.17. The van der Waals surface area contributed by atoms with Crippen LogP contribution in [0.2, 0.25) is 5.02 Å². The fraction of sp³-hybridized carbons (Fsp3) is 0.429. The van der Waals surface area contributed by atoms with Crippen molar-refractivity contribution in [2.45, 2.75) is 26.7 Å². The van der Waals surface area contributed by atoms with E-state index in [0.717, 1.165) is 24.0 Å². The van der Waals surface area contributed by atoms with Gasteiger partial charge in [-0.2, -0.15) is 0 Å². The molecule has 0 fully saturated rings. The first kappa shape index (κ1) is 14.7. The second-order valence-corrected chi connectivity index (χ2v) is 4.47. The molecule has 1 aromatic rings. The van der Waals surface area contributed by atoms with Crippen LogP contribution in [0.5, 0.6) is 0 Å². The Labute approximate surface area is 113 Å². The van der Waals surface area contributed by atoms with Gasteiger partial charge in [0.15, 0.2) is 0 Å². The first-order valence-corrected chi connectivity index (χ1v) is 6.37. The summed E-state index contributed by atoms with van der Waals surface area (Å²) < 4.78 is 5.15. The van der Waals surface area contributed by atoms with Crippen LogP contribution in [0.3, 0.4) is 0 Å². The van der Waals surface area contributed by atoms with E-state index >= 15 is 0 Å². The highest BCUT2D eigenvalue weighted by molar-refractivity contribution is 6.33. The van der Waals surface area contributed by atoms with Crippen LogP contribution in [0.15, 0.2) is 17.1 Å². The summed E-state index contributed by atoms with van der Waals surface area (Å²) in [7, 11) is 1.68. The van der Waals surface area contributed by atoms with Gasteiger partial charge in [-0.05, 0) is 31.0 Å². The molecule has 0 spiro atoms. The molecule has 0 aliphatic heterocycles. The average molecular weight is 268 g/mol. The van der Waals surface area contributed by atoms with Crippen molar-refractivity contribution >= 4 is 23.8 Å². The molecule has 0 amide bonds. The zero-order chi connectivity index (χ0) is 13.5. The fourth-order valence-electron chi connectivity index (χ4n) is 1.56. The van der Waals surface area contributed by atoms with E-state index in [4.69, 9.17) is 16.3 Å². The molecule has 98 valence electrons. The number of nitrogens with zero attached hydrogens (tertiary/aromatic N) is 1. The number of halogens is 1. The van der Waals surface area contributed by atoms with E-state index in [1.165, 1.54) is 0 Å². The number of aryl methyl sites for hydroxylation is 1. The predicted molar refractivity (Wildman–Crippen MR) is 74.9 cm³/mol. The summed E-state index contributed by atoms with van der Waals surface area (Å²) in [5, 5.41) is 0.517. The number of benzene rings is 1. The minimum absolute atomic E-state index is 0.326. The van der Waals surface area contributed by atoms with Gasteiger partial charge < -0.3 is 4.74 Å². The van der Waals surface area contributed by atoms with E-state index in [9.17, 15) is 4.79 Å². The number of unbranched alkanes of at least 4 members (excludes halogenated alkanes) is 1. The Morgan fingerprint density at radius 2 is 2.22 bits per heavy atom. The zero-order valence-corrected chi connectivity index (χ0v) is 11.8. The van der Waals surface area contributed by atoms with Gasteiger partial charge in [0.1, 0.15) is 0 Å². The molecule has 0 aromatic heterocycles. The Hall–Kier alpha value is -1.35. The normalized spacial score (nSPS) is 10.9. The topological polar surface area (TPSA) is 38.7 Å². The van der Waals surface area contributed by atoms with Crippen molar-refractivity contribution in [3.63, 3.8) is 0 Å². The minimum atomic E-state index is -0.326. The average Bonchev–Trinajstić information content (AvgIpc) is 2.33. The fourth-order valence-corrected chi connectivity index (χ4v) is 1.87. The lowest BCUT2D eigenvalue weighted by Crippen LogP contribution is -2.07. The van der Waals surface area contributed by atoms with Gasteiger partial charge >= 0.3 is 5.97 Å². The monoisotopic (exact) mass is 267 g/mol. The third-order valence-electron chi connectivity index (χ3n) is 2.56. The molecule has 0 heterocycles. The lowest BCUT2D eigenvalue weighted by atomic mass is 10.1. The highest BCUT2D eigenvalue weighted by Gasteiger charge is 2.11. The first-order chi connectivity index (χ1) is 8.60. The summed E-state index contributed by atoms with van der Waals surface area (Å²) in [6, 6.07) is 3.40. The van der Waals surface area contributed by atoms with Crippen LogP contribution < -0.4 is 0 Å². The zero-order valence-electron chi connectivity index (χ0n) is 11.0. The predicted octanol–water partition coefficient (Wildman–Crippen LogP) is 3.65. The summed E-state index contributed by atoms with van der Waals surface area (Å²) in [6.45, 7) is 4.39.